The van der Waals surface area contributed by atoms with Crippen LogP contribution in [0.1, 0.15) is 12.1 Å². The van der Waals surface area contributed by atoms with Gasteiger partial charge in [0.15, 0.2) is 0 Å². The summed E-state index contributed by atoms with van der Waals surface area (Å²) < 4.78 is 1.88. The van der Waals surface area contributed by atoms with Gasteiger partial charge in [0.2, 0.25) is 0 Å². The van der Waals surface area contributed by atoms with Crippen molar-refractivity contribution < 1.29 is 5.21 Å². The van der Waals surface area contributed by atoms with E-state index in [9.17, 15) is 0 Å². The fraction of sp³-hybridized carbons (Fsp3) is 0.333. The number of amidine groups is 1. The molecule has 0 aliphatic carbocycles. The van der Waals surface area contributed by atoms with E-state index in [1.165, 1.54) is 5.69 Å². The fourth-order valence-electron chi connectivity index (χ4n) is 2.20. The fourth-order valence-corrected chi connectivity index (χ4v) is 2.20. The molecular formula is C15H21N5O. The highest BCUT2D eigenvalue weighted by Crippen LogP contribution is 2.14. The van der Waals surface area contributed by atoms with E-state index < -0.39 is 0 Å². The van der Waals surface area contributed by atoms with Crippen LogP contribution >= 0.6 is 0 Å². The van der Waals surface area contributed by atoms with Crippen molar-refractivity contribution in [3.05, 3.63) is 48.3 Å². The normalized spacial score (nSPS) is 11.6. The SMILES string of the molecule is Cn1nccc1CCN(CC/C(N)=N/O)c1ccccc1. The average molecular weight is 287 g/mol. The number of oxime groups is 1. The lowest BCUT2D eigenvalue weighted by molar-refractivity contribution is 0.317. The van der Waals surface area contributed by atoms with E-state index in [2.05, 4.69) is 27.3 Å². The predicted octanol–water partition coefficient (Wildman–Crippen LogP) is 1.61. The molecule has 0 aliphatic rings. The molecule has 21 heavy (non-hydrogen) atoms. The highest BCUT2D eigenvalue weighted by molar-refractivity contribution is 5.80. The summed E-state index contributed by atoms with van der Waals surface area (Å²) >= 11 is 0. The minimum absolute atomic E-state index is 0.247. The molecule has 1 aromatic heterocycles. The predicted molar refractivity (Wildman–Crippen MR) is 83.6 cm³/mol. The molecule has 0 spiro atoms. The molecule has 6 nitrogen and oxygen atoms in total. The van der Waals surface area contributed by atoms with Gasteiger partial charge in [0.05, 0.1) is 0 Å². The topological polar surface area (TPSA) is 79.7 Å². The number of anilines is 1. The van der Waals surface area contributed by atoms with Gasteiger partial charge in [0.1, 0.15) is 5.84 Å². The first-order valence-corrected chi connectivity index (χ1v) is 6.94. The minimum atomic E-state index is 0.247. The third-order valence-corrected chi connectivity index (χ3v) is 3.45. The molecule has 1 heterocycles. The Bertz CT molecular complexity index is 579. The summed E-state index contributed by atoms with van der Waals surface area (Å²) in [5, 5.41) is 15.9. The third-order valence-electron chi connectivity index (χ3n) is 3.45. The molecule has 2 rings (SSSR count). The molecule has 0 bridgehead atoms. The van der Waals surface area contributed by atoms with Crippen LogP contribution in [0.15, 0.2) is 47.8 Å². The van der Waals surface area contributed by atoms with Gasteiger partial charge in [-0.2, -0.15) is 5.10 Å². The van der Waals surface area contributed by atoms with E-state index in [1.807, 2.05) is 36.0 Å². The highest BCUT2D eigenvalue weighted by atomic mass is 16.4. The molecule has 112 valence electrons. The summed E-state index contributed by atoms with van der Waals surface area (Å²) in [6.45, 7) is 1.56. The maximum Gasteiger partial charge on any atom is 0.140 e. The lowest BCUT2D eigenvalue weighted by Crippen LogP contribution is -2.30. The lowest BCUT2D eigenvalue weighted by atomic mass is 10.2. The van der Waals surface area contributed by atoms with Crippen molar-refractivity contribution in [2.75, 3.05) is 18.0 Å². The van der Waals surface area contributed by atoms with Gasteiger partial charge in [0.25, 0.3) is 0 Å². The summed E-state index contributed by atoms with van der Waals surface area (Å²) in [4.78, 5) is 2.23. The van der Waals surface area contributed by atoms with Crippen LogP contribution in [0.25, 0.3) is 0 Å². The molecule has 0 saturated carbocycles. The van der Waals surface area contributed by atoms with Crippen LogP contribution in [0.2, 0.25) is 0 Å². The Morgan fingerprint density at radius 3 is 2.67 bits per heavy atom. The van der Waals surface area contributed by atoms with Crippen LogP contribution in [0.4, 0.5) is 5.69 Å². The van der Waals surface area contributed by atoms with Crippen LogP contribution in [-0.2, 0) is 13.5 Å². The van der Waals surface area contributed by atoms with Gasteiger partial charge in [-0.25, -0.2) is 0 Å². The Morgan fingerprint density at radius 2 is 2.05 bits per heavy atom. The van der Waals surface area contributed by atoms with Crippen LogP contribution < -0.4 is 10.6 Å². The largest absolute Gasteiger partial charge is 0.409 e. The van der Waals surface area contributed by atoms with E-state index in [-0.39, 0.29) is 5.84 Å². The molecule has 0 fully saturated rings. The number of benzene rings is 1. The number of aryl methyl sites for hydroxylation is 1. The Kier molecular flexibility index (Phi) is 5.20. The van der Waals surface area contributed by atoms with Gasteiger partial charge >= 0.3 is 0 Å². The van der Waals surface area contributed by atoms with Crippen molar-refractivity contribution in [3.63, 3.8) is 0 Å². The second-order valence-corrected chi connectivity index (χ2v) is 4.86. The quantitative estimate of drug-likeness (QED) is 0.351. The number of nitrogens with two attached hydrogens (primary N) is 1. The minimum Gasteiger partial charge on any atom is -0.409 e. The second-order valence-electron chi connectivity index (χ2n) is 4.86. The molecular weight excluding hydrogens is 266 g/mol. The standard InChI is InChI=1S/C15H21N5O/c1-19-13(7-10-17-19)8-11-20(12-9-15(16)18-21)14-5-3-2-4-6-14/h2-7,10,21H,8-9,11-12H2,1H3,(H2,16,18). The third kappa shape index (κ3) is 4.24. The number of hydrogen-bond acceptors (Lipinski definition) is 4. The van der Waals surface area contributed by atoms with Gasteiger partial charge in [-0.05, 0) is 18.2 Å². The van der Waals surface area contributed by atoms with Crippen molar-refractivity contribution in [1.29, 1.82) is 0 Å². The van der Waals surface area contributed by atoms with Crippen LogP contribution in [0.3, 0.4) is 0 Å². The summed E-state index contributed by atoms with van der Waals surface area (Å²) in [6, 6.07) is 12.2. The van der Waals surface area contributed by atoms with Gasteiger partial charge < -0.3 is 15.8 Å². The smallest absolute Gasteiger partial charge is 0.140 e. The first-order chi connectivity index (χ1) is 10.2. The van der Waals surface area contributed by atoms with Gasteiger partial charge in [-0.15, -0.1) is 0 Å². The van der Waals surface area contributed by atoms with Crippen molar-refractivity contribution in [2.45, 2.75) is 12.8 Å². The number of para-hydroxylation sites is 1. The number of rotatable bonds is 7. The van der Waals surface area contributed by atoms with Gasteiger partial charge in [0, 0.05) is 50.6 Å². The van der Waals surface area contributed by atoms with Crippen LogP contribution in [0.5, 0.6) is 0 Å². The molecule has 0 amide bonds. The van der Waals surface area contributed by atoms with E-state index in [0.717, 1.165) is 18.7 Å². The molecule has 0 aliphatic heterocycles. The van der Waals surface area contributed by atoms with E-state index in [0.29, 0.717) is 13.0 Å². The first kappa shape index (κ1) is 14.9. The molecule has 0 unspecified atom stereocenters. The van der Waals surface area contributed by atoms with E-state index in [1.54, 1.807) is 6.20 Å². The first-order valence-electron chi connectivity index (χ1n) is 6.94. The maximum absolute atomic E-state index is 8.67. The van der Waals surface area contributed by atoms with Crippen molar-refractivity contribution >= 4 is 11.5 Å². The lowest BCUT2D eigenvalue weighted by Gasteiger charge is -2.24. The monoisotopic (exact) mass is 287 g/mol. The average Bonchev–Trinajstić information content (AvgIpc) is 2.93. The zero-order valence-electron chi connectivity index (χ0n) is 12.2. The number of aromatic nitrogens is 2. The van der Waals surface area contributed by atoms with Gasteiger partial charge in [-0.1, -0.05) is 23.4 Å². The molecule has 1 aromatic carbocycles. The van der Waals surface area contributed by atoms with Crippen LogP contribution in [0, 0.1) is 0 Å². The Balaban J connectivity index is 2.03. The molecule has 0 saturated heterocycles. The van der Waals surface area contributed by atoms with Crippen LogP contribution in [-0.4, -0.2) is 33.9 Å². The number of hydrogen-bond donors (Lipinski definition) is 2. The summed E-state index contributed by atoms with van der Waals surface area (Å²) in [5.41, 5.74) is 7.88. The Hall–Kier alpha value is -2.50. The number of nitrogens with zero attached hydrogens (tertiary/aromatic N) is 4. The summed E-state index contributed by atoms with van der Waals surface area (Å²) in [6.07, 6.45) is 3.22. The molecule has 6 heteroatoms. The second kappa shape index (κ2) is 7.33. The maximum atomic E-state index is 8.67. The van der Waals surface area contributed by atoms with Gasteiger partial charge in [-0.3, -0.25) is 4.68 Å². The van der Waals surface area contributed by atoms with Crippen molar-refractivity contribution in [2.24, 2.45) is 17.9 Å². The highest BCUT2D eigenvalue weighted by Gasteiger charge is 2.09. The van der Waals surface area contributed by atoms with E-state index >= 15 is 0 Å². The molecule has 0 atom stereocenters. The molecule has 3 N–H and O–H groups in total. The summed E-state index contributed by atoms with van der Waals surface area (Å²) in [7, 11) is 1.94. The Morgan fingerprint density at radius 1 is 1.29 bits per heavy atom. The van der Waals surface area contributed by atoms with Crippen molar-refractivity contribution in [1.82, 2.24) is 9.78 Å². The summed E-state index contributed by atoms with van der Waals surface area (Å²) in [5.74, 6) is 0.247. The molecule has 0 radical (unpaired) electrons. The zero-order chi connectivity index (χ0) is 15.1. The zero-order valence-corrected chi connectivity index (χ0v) is 12.2. The van der Waals surface area contributed by atoms with E-state index in [4.69, 9.17) is 10.9 Å². The molecule has 2 aromatic rings. The Labute approximate surface area is 124 Å². The van der Waals surface area contributed by atoms with Crippen molar-refractivity contribution in [3.8, 4) is 0 Å².